The molecule has 0 bridgehead atoms. The van der Waals surface area contributed by atoms with Crippen LogP contribution < -0.4 is 9.47 Å². The van der Waals surface area contributed by atoms with Gasteiger partial charge in [-0.2, -0.15) is 0 Å². The van der Waals surface area contributed by atoms with Gasteiger partial charge in [0.2, 0.25) is 0 Å². The molecule has 158 valence electrons. The Morgan fingerprint density at radius 1 is 0.643 bits per heavy atom. The molecule has 0 saturated carbocycles. The van der Waals surface area contributed by atoms with Crippen molar-refractivity contribution in [2.75, 3.05) is 67.8 Å². The van der Waals surface area contributed by atoms with Gasteiger partial charge in [0, 0.05) is 13.1 Å². The van der Waals surface area contributed by atoms with Crippen molar-refractivity contribution in [2.24, 2.45) is 0 Å². The van der Waals surface area contributed by atoms with Gasteiger partial charge in [-0.15, -0.1) is 22.7 Å². The van der Waals surface area contributed by atoms with Crippen LogP contribution in [-0.2, 0) is 22.6 Å². The van der Waals surface area contributed by atoms with E-state index in [-0.39, 0.29) is 0 Å². The molecule has 0 amide bonds. The van der Waals surface area contributed by atoms with Gasteiger partial charge in [-0.3, -0.25) is 0 Å². The Labute approximate surface area is 176 Å². The van der Waals surface area contributed by atoms with Gasteiger partial charge in [0.1, 0.15) is 24.7 Å². The molecule has 8 heteroatoms. The van der Waals surface area contributed by atoms with Crippen molar-refractivity contribution >= 4 is 22.7 Å². The summed E-state index contributed by atoms with van der Waals surface area (Å²) in [5.74, 6) is 1.91. The molecule has 6 nitrogen and oxygen atoms in total. The van der Waals surface area contributed by atoms with E-state index in [1.54, 1.807) is 22.7 Å². The zero-order valence-electron chi connectivity index (χ0n) is 17.3. The molecule has 0 aliphatic rings. The zero-order chi connectivity index (χ0) is 20.2. The summed E-state index contributed by atoms with van der Waals surface area (Å²) in [6.45, 7) is 5.11. The molecule has 2 aromatic heterocycles. The number of hydrogen-bond donors (Lipinski definition) is 0. The van der Waals surface area contributed by atoms with Crippen molar-refractivity contribution in [3.8, 4) is 11.5 Å². The van der Waals surface area contributed by atoms with Crippen molar-refractivity contribution in [2.45, 2.75) is 13.1 Å². The molecular formula is C20H32N2O4S2. The van der Waals surface area contributed by atoms with Gasteiger partial charge in [-0.05, 0) is 51.1 Å². The van der Waals surface area contributed by atoms with Gasteiger partial charge in [-0.25, -0.2) is 0 Å². The quantitative estimate of drug-likeness (QED) is 0.405. The average Bonchev–Trinajstić information content (AvgIpc) is 3.25. The molecule has 0 spiro atoms. The SMILES string of the molecule is CN(C)Cc1sccc1OCCOCCOCCOc1ccsc1CN(C)C. The minimum Gasteiger partial charge on any atom is -0.490 e. The topological polar surface area (TPSA) is 43.4 Å². The Balaban J connectivity index is 1.46. The highest BCUT2D eigenvalue weighted by atomic mass is 32.1. The summed E-state index contributed by atoms with van der Waals surface area (Å²) in [5, 5.41) is 4.12. The molecule has 2 heterocycles. The molecule has 0 radical (unpaired) electrons. The lowest BCUT2D eigenvalue weighted by Gasteiger charge is -2.12. The lowest BCUT2D eigenvalue weighted by atomic mass is 10.4. The van der Waals surface area contributed by atoms with Gasteiger partial charge < -0.3 is 28.7 Å². The fraction of sp³-hybridized carbons (Fsp3) is 0.600. The second-order valence-corrected chi connectivity index (χ2v) is 8.81. The van der Waals surface area contributed by atoms with Crippen LogP contribution >= 0.6 is 22.7 Å². The third-order valence-electron chi connectivity index (χ3n) is 3.67. The van der Waals surface area contributed by atoms with E-state index in [9.17, 15) is 0 Å². The van der Waals surface area contributed by atoms with Gasteiger partial charge in [-0.1, -0.05) is 0 Å². The van der Waals surface area contributed by atoms with E-state index < -0.39 is 0 Å². The lowest BCUT2D eigenvalue weighted by Crippen LogP contribution is -2.15. The highest BCUT2D eigenvalue weighted by Crippen LogP contribution is 2.26. The van der Waals surface area contributed by atoms with Crippen LogP contribution in [0.2, 0.25) is 0 Å². The van der Waals surface area contributed by atoms with E-state index in [1.807, 2.05) is 12.1 Å². The first-order chi connectivity index (χ1) is 13.6. The number of thiophene rings is 2. The third kappa shape index (κ3) is 8.89. The Bertz CT molecular complexity index is 602. The predicted octanol–water partition coefficient (Wildman–Crippen LogP) is 3.42. The molecule has 2 rings (SSSR count). The Morgan fingerprint density at radius 2 is 1.04 bits per heavy atom. The van der Waals surface area contributed by atoms with E-state index in [0.717, 1.165) is 24.6 Å². The predicted molar refractivity (Wildman–Crippen MR) is 116 cm³/mol. The molecule has 0 aliphatic carbocycles. The summed E-state index contributed by atoms with van der Waals surface area (Å²) in [7, 11) is 8.23. The summed E-state index contributed by atoms with van der Waals surface area (Å²) in [4.78, 5) is 6.76. The van der Waals surface area contributed by atoms with E-state index in [0.29, 0.717) is 39.6 Å². The van der Waals surface area contributed by atoms with Crippen molar-refractivity contribution in [1.29, 1.82) is 0 Å². The highest BCUT2D eigenvalue weighted by molar-refractivity contribution is 7.10. The molecule has 0 fully saturated rings. The largest absolute Gasteiger partial charge is 0.490 e. The Kier molecular flexibility index (Phi) is 10.8. The molecule has 0 unspecified atom stereocenters. The maximum atomic E-state index is 5.80. The minimum atomic E-state index is 0.549. The maximum absolute atomic E-state index is 5.80. The molecular weight excluding hydrogens is 396 g/mol. The monoisotopic (exact) mass is 428 g/mol. The van der Waals surface area contributed by atoms with Gasteiger partial charge in [0.05, 0.1) is 36.2 Å². The lowest BCUT2D eigenvalue weighted by molar-refractivity contribution is 0.0272. The number of hydrogen-bond acceptors (Lipinski definition) is 8. The second-order valence-electron chi connectivity index (χ2n) is 6.81. The van der Waals surface area contributed by atoms with E-state index in [2.05, 4.69) is 48.8 Å². The van der Waals surface area contributed by atoms with Gasteiger partial charge in [0.15, 0.2) is 0 Å². The first-order valence-electron chi connectivity index (χ1n) is 9.39. The van der Waals surface area contributed by atoms with E-state index in [4.69, 9.17) is 18.9 Å². The fourth-order valence-corrected chi connectivity index (χ4v) is 4.33. The highest BCUT2D eigenvalue weighted by Gasteiger charge is 2.07. The summed E-state index contributed by atoms with van der Waals surface area (Å²) in [6, 6.07) is 4.04. The second kappa shape index (κ2) is 13.1. The van der Waals surface area contributed by atoms with Gasteiger partial charge in [0.25, 0.3) is 0 Å². The first kappa shape index (κ1) is 23.1. The van der Waals surface area contributed by atoms with Crippen molar-refractivity contribution in [3.05, 3.63) is 32.6 Å². The van der Waals surface area contributed by atoms with Crippen molar-refractivity contribution in [1.82, 2.24) is 9.80 Å². The molecule has 0 saturated heterocycles. The molecule has 0 atom stereocenters. The maximum Gasteiger partial charge on any atom is 0.134 e. The fourth-order valence-electron chi connectivity index (χ4n) is 2.46. The summed E-state index contributed by atoms with van der Waals surface area (Å²) < 4.78 is 22.7. The van der Waals surface area contributed by atoms with E-state index >= 15 is 0 Å². The van der Waals surface area contributed by atoms with Crippen LogP contribution in [-0.4, -0.2) is 77.6 Å². The normalized spacial score (nSPS) is 11.5. The Morgan fingerprint density at radius 3 is 1.43 bits per heavy atom. The minimum absolute atomic E-state index is 0.549. The van der Waals surface area contributed by atoms with Crippen molar-refractivity contribution < 1.29 is 18.9 Å². The first-order valence-corrected chi connectivity index (χ1v) is 11.2. The van der Waals surface area contributed by atoms with Crippen LogP contribution in [0.1, 0.15) is 9.75 Å². The summed E-state index contributed by atoms with van der Waals surface area (Å²) in [6.07, 6.45) is 0. The smallest absolute Gasteiger partial charge is 0.134 e. The van der Waals surface area contributed by atoms with Crippen LogP contribution in [0.5, 0.6) is 11.5 Å². The van der Waals surface area contributed by atoms with Crippen LogP contribution in [0, 0.1) is 0 Å². The molecule has 2 aromatic rings. The molecule has 28 heavy (non-hydrogen) atoms. The molecule has 0 aliphatic heterocycles. The van der Waals surface area contributed by atoms with E-state index in [1.165, 1.54) is 9.75 Å². The molecule has 0 N–H and O–H groups in total. The third-order valence-corrected chi connectivity index (χ3v) is 5.45. The Hall–Kier alpha value is -1.16. The van der Waals surface area contributed by atoms with Crippen LogP contribution in [0.25, 0.3) is 0 Å². The number of ether oxygens (including phenoxy) is 4. The van der Waals surface area contributed by atoms with Crippen molar-refractivity contribution in [3.63, 3.8) is 0 Å². The number of nitrogens with zero attached hydrogens (tertiary/aromatic N) is 2. The van der Waals surface area contributed by atoms with Crippen LogP contribution in [0.4, 0.5) is 0 Å². The average molecular weight is 429 g/mol. The number of rotatable bonds is 15. The van der Waals surface area contributed by atoms with Crippen LogP contribution in [0.15, 0.2) is 22.9 Å². The van der Waals surface area contributed by atoms with Gasteiger partial charge >= 0.3 is 0 Å². The zero-order valence-corrected chi connectivity index (χ0v) is 18.9. The summed E-state index contributed by atoms with van der Waals surface area (Å²) >= 11 is 3.44. The molecule has 0 aromatic carbocycles. The summed E-state index contributed by atoms with van der Waals surface area (Å²) in [5.41, 5.74) is 0. The van der Waals surface area contributed by atoms with Crippen LogP contribution in [0.3, 0.4) is 0 Å². The standard InChI is InChI=1S/C20H32N2O4S2/c1-21(2)15-19-17(5-13-27-19)25-11-9-23-7-8-24-10-12-26-18-6-14-28-20(18)16-22(3)4/h5-6,13-14H,7-12,15-16H2,1-4H3.